The highest BCUT2D eigenvalue weighted by atomic mass is 14.9. The SMILES string of the molecule is c1ccc(CNCc2cccc(CNC3CCCc4cccnc43)c2)nc1. The Morgan fingerprint density at radius 3 is 2.63 bits per heavy atom. The number of rotatable bonds is 7. The van der Waals surface area contributed by atoms with E-state index >= 15 is 0 Å². The quantitative estimate of drug-likeness (QED) is 0.672. The second-order valence-corrected chi connectivity index (χ2v) is 7.12. The molecule has 0 bridgehead atoms. The van der Waals surface area contributed by atoms with Gasteiger partial charge >= 0.3 is 0 Å². The Kier molecular flexibility index (Phi) is 5.87. The molecule has 2 N–H and O–H groups in total. The van der Waals surface area contributed by atoms with Gasteiger partial charge in [0.25, 0.3) is 0 Å². The van der Waals surface area contributed by atoms with Crippen molar-refractivity contribution in [2.75, 3.05) is 0 Å². The van der Waals surface area contributed by atoms with Gasteiger partial charge in [0.1, 0.15) is 0 Å². The molecule has 2 aromatic heterocycles. The first-order valence-electron chi connectivity index (χ1n) is 9.74. The van der Waals surface area contributed by atoms with Crippen LogP contribution in [0.1, 0.15) is 47.0 Å². The van der Waals surface area contributed by atoms with Crippen LogP contribution in [0.4, 0.5) is 0 Å². The Morgan fingerprint density at radius 2 is 1.74 bits per heavy atom. The van der Waals surface area contributed by atoms with Gasteiger partial charge in [-0.05, 0) is 54.2 Å². The average molecular weight is 358 g/mol. The molecule has 1 aliphatic carbocycles. The number of pyridine rings is 2. The summed E-state index contributed by atoms with van der Waals surface area (Å²) in [6.07, 6.45) is 7.29. The Balaban J connectivity index is 1.32. The Bertz CT molecular complexity index is 863. The van der Waals surface area contributed by atoms with Gasteiger partial charge in [0.2, 0.25) is 0 Å². The maximum atomic E-state index is 4.62. The van der Waals surface area contributed by atoms with E-state index in [1.54, 1.807) is 0 Å². The molecular weight excluding hydrogens is 332 g/mol. The van der Waals surface area contributed by atoms with Gasteiger partial charge in [0.05, 0.1) is 17.4 Å². The van der Waals surface area contributed by atoms with E-state index in [2.05, 4.69) is 50.9 Å². The van der Waals surface area contributed by atoms with Crippen molar-refractivity contribution in [3.05, 3.63) is 95.1 Å². The minimum atomic E-state index is 0.362. The van der Waals surface area contributed by atoms with Crippen LogP contribution in [-0.2, 0) is 26.1 Å². The molecule has 0 saturated carbocycles. The molecule has 4 nitrogen and oxygen atoms in total. The maximum Gasteiger partial charge on any atom is 0.0605 e. The average Bonchev–Trinajstić information content (AvgIpc) is 2.73. The zero-order chi connectivity index (χ0) is 18.3. The van der Waals surface area contributed by atoms with Gasteiger partial charge in [0, 0.05) is 32.0 Å². The number of aromatic nitrogens is 2. The second kappa shape index (κ2) is 8.89. The first kappa shape index (κ1) is 17.8. The van der Waals surface area contributed by atoms with Crippen molar-refractivity contribution in [2.24, 2.45) is 0 Å². The van der Waals surface area contributed by atoms with Crippen molar-refractivity contribution >= 4 is 0 Å². The number of fused-ring (bicyclic) bond motifs is 1. The number of nitrogens with zero attached hydrogens (tertiary/aromatic N) is 2. The van der Waals surface area contributed by atoms with Crippen molar-refractivity contribution < 1.29 is 0 Å². The van der Waals surface area contributed by atoms with Crippen LogP contribution in [0.25, 0.3) is 0 Å². The normalized spacial score (nSPS) is 16.1. The highest BCUT2D eigenvalue weighted by Gasteiger charge is 2.20. The molecule has 0 amide bonds. The largest absolute Gasteiger partial charge is 0.307 e. The van der Waals surface area contributed by atoms with Crippen LogP contribution < -0.4 is 10.6 Å². The zero-order valence-electron chi connectivity index (χ0n) is 15.6. The molecule has 0 fully saturated rings. The monoisotopic (exact) mass is 358 g/mol. The van der Waals surface area contributed by atoms with Crippen LogP contribution in [-0.4, -0.2) is 9.97 Å². The number of nitrogens with one attached hydrogen (secondary N) is 2. The summed E-state index contributed by atoms with van der Waals surface area (Å²) in [5.41, 5.74) is 6.31. The van der Waals surface area contributed by atoms with E-state index in [0.29, 0.717) is 6.04 Å². The Labute approximate surface area is 161 Å². The van der Waals surface area contributed by atoms with Crippen molar-refractivity contribution in [3.8, 4) is 0 Å². The van der Waals surface area contributed by atoms with Crippen LogP contribution in [0.5, 0.6) is 0 Å². The molecule has 27 heavy (non-hydrogen) atoms. The van der Waals surface area contributed by atoms with E-state index in [1.165, 1.54) is 28.8 Å². The highest BCUT2D eigenvalue weighted by molar-refractivity contribution is 5.27. The van der Waals surface area contributed by atoms with Crippen molar-refractivity contribution in [2.45, 2.75) is 44.9 Å². The first-order chi connectivity index (χ1) is 13.4. The number of hydrogen-bond donors (Lipinski definition) is 2. The smallest absolute Gasteiger partial charge is 0.0605 e. The van der Waals surface area contributed by atoms with E-state index in [4.69, 9.17) is 0 Å². The third-order valence-corrected chi connectivity index (χ3v) is 5.10. The predicted molar refractivity (Wildman–Crippen MR) is 108 cm³/mol. The van der Waals surface area contributed by atoms with E-state index in [0.717, 1.165) is 38.2 Å². The first-order valence-corrected chi connectivity index (χ1v) is 9.74. The fraction of sp³-hybridized carbons (Fsp3) is 0.304. The summed E-state index contributed by atoms with van der Waals surface area (Å²) in [6.45, 7) is 2.50. The summed E-state index contributed by atoms with van der Waals surface area (Å²) in [7, 11) is 0. The van der Waals surface area contributed by atoms with Crippen LogP contribution >= 0.6 is 0 Å². The van der Waals surface area contributed by atoms with Gasteiger partial charge in [-0.3, -0.25) is 9.97 Å². The molecule has 4 heteroatoms. The van der Waals surface area contributed by atoms with Gasteiger partial charge in [0.15, 0.2) is 0 Å². The van der Waals surface area contributed by atoms with Gasteiger partial charge in [-0.15, -0.1) is 0 Å². The van der Waals surface area contributed by atoms with Crippen LogP contribution in [0.2, 0.25) is 0 Å². The molecule has 0 spiro atoms. The lowest BCUT2D eigenvalue weighted by molar-refractivity contribution is 0.447. The van der Waals surface area contributed by atoms with E-state index in [9.17, 15) is 0 Å². The number of aryl methyl sites for hydroxylation is 1. The standard InChI is InChI=1S/C23H26N4/c1-2-12-25-21(10-1)17-24-15-18-6-3-7-19(14-18)16-27-22-11-4-8-20-9-5-13-26-23(20)22/h1-3,5-7,9-10,12-14,22,24,27H,4,8,11,15-17H2. The van der Waals surface area contributed by atoms with E-state index in [-0.39, 0.29) is 0 Å². The van der Waals surface area contributed by atoms with Gasteiger partial charge < -0.3 is 10.6 Å². The van der Waals surface area contributed by atoms with Gasteiger partial charge in [-0.1, -0.05) is 36.4 Å². The lowest BCUT2D eigenvalue weighted by Gasteiger charge is -2.25. The molecule has 0 aliphatic heterocycles. The topological polar surface area (TPSA) is 49.8 Å². The van der Waals surface area contributed by atoms with Gasteiger partial charge in [-0.2, -0.15) is 0 Å². The third kappa shape index (κ3) is 4.79. The summed E-state index contributed by atoms with van der Waals surface area (Å²) in [4.78, 5) is 8.97. The molecule has 0 saturated heterocycles. The highest BCUT2D eigenvalue weighted by Crippen LogP contribution is 2.27. The summed E-state index contributed by atoms with van der Waals surface area (Å²) < 4.78 is 0. The molecule has 2 heterocycles. The minimum Gasteiger partial charge on any atom is -0.307 e. The number of benzene rings is 1. The fourth-order valence-electron chi connectivity index (χ4n) is 3.74. The molecule has 1 unspecified atom stereocenters. The second-order valence-electron chi connectivity index (χ2n) is 7.12. The van der Waals surface area contributed by atoms with Gasteiger partial charge in [-0.25, -0.2) is 0 Å². The van der Waals surface area contributed by atoms with Crippen LogP contribution in [0, 0.1) is 0 Å². The third-order valence-electron chi connectivity index (χ3n) is 5.10. The van der Waals surface area contributed by atoms with Crippen molar-refractivity contribution in [1.82, 2.24) is 20.6 Å². The number of hydrogen-bond acceptors (Lipinski definition) is 4. The molecule has 1 aromatic carbocycles. The zero-order valence-corrected chi connectivity index (χ0v) is 15.6. The molecular formula is C23H26N4. The summed E-state index contributed by atoms with van der Waals surface area (Å²) in [5.74, 6) is 0. The minimum absolute atomic E-state index is 0.362. The summed E-state index contributed by atoms with van der Waals surface area (Å²) >= 11 is 0. The lowest BCUT2D eigenvalue weighted by Crippen LogP contribution is -2.26. The summed E-state index contributed by atoms with van der Waals surface area (Å²) in [6, 6.07) is 19.4. The Morgan fingerprint density at radius 1 is 0.852 bits per heavy atom. The van der Waals surface area contributed by atoms with E-state index in [1.807, 2.05) is 36.7 Å². The Hall–Kier alpha value is -2.56. The molecule has 1 aliphatic rings. The maximum absolute atomic E-state index is 4.62. The van der Waals surface area contributed by atoms with E-state index < -0.39 is 0 Å². The molecule has 0 radical (unpaired) electrons. The molecule has 4 rings (SSSR count). The van der Waals surface area contributed by atoms with Crippen LogP contribution in [0.3, 0.4) is 0 Å². The van der Waals surface area contributed by atoms with Crippen LogP contribution in [0.15, 0.2) is 67.0 Å². The summed E-state index contributed by atoms with van der Waals surface area (Å²) in [5, 5.41) is 7.18. The molecule has 1 atom stereocenters. The predicted octanol–water partition coefficient (Wildman–Crippen LogP) is 3.93. The van der Waals surface area contributed by atoms with Crippen molar-refractivity contribution in [3.63, 3.8) is 0 Å². The van der Waals surface area contributed by atoms with Crippen molar-refractivity contribution in [1.29, 1.82) is 0 Å². The fourth-order valence-corrected chi connectivity index (χ4v) is 3.74. The molecule has 138 valence electrons. The lowest BCUT2D eigenvalue weighted by atomic mass is 9.92. The molecule has 3 aromatic rings.